The van der Waals surface area contributed by atoms with Crippen LogP contribution in [0.4, 0.5) is 0 Å². The summed E-state index contributed by atoms with van der Waals surface area (Å²) in [5.41, 5.74) is 2.78. The van der Waals surface area contributed by atoms with Crippen molar-refractivity contribution in [3.63, 3.8) is 0 Å². The fourth-order valence-corrected chi connectivity index (χ4v) is 5.34. The van der Waals surface area contributed by atoms with E-state index in [4.69, 9.17) is 4.99 Å². The standard InChI is InChI=1S/C19H29N3O2S/c1-15(2)11-20-19(21-12-16-8-10-25(23,24)14-16)22-9-7-17-5-3-4-6-18(17)13-22/h3-6,15-16H,7-14H2,1-2H3,(H,20,21). The quantitative estimate of drug-likeness (QED) is 0.657. The highest BCUT2D eigenvalue weighted by Gasteiger charge is 2.28. The van der Waals surface area contributed by atoms with Crippen LogP contribution in [-0.4, -0.2) is 50.4 Å². The summed E-state index contributed by atoms with van der Waals surface area (Å²) in [7, 11) is -2.83. The van der Waals surface area contributed by atoms with Crippen LogP contribution in [0, 0.1) is 11.8 Å². The van der Waals surface area contributed by atoms with Gasteiger partial charge in [-0.25, -0.2) is 8.42 Å². The summed E-state index contributed by atoms with van der Waals surface area (Å²) < 4.78 is 23.3. The van der Waals surface area contributed by atoms with Gasteiger partial charge in [0.15, 0.2) is 15.8 Å². The minimum absolute atomic E-state index is 0.200. The molecule has 6 heteroatoms. The average molecular weight is 364 g/mol. The maximum absolute atomic E-state index is 11.7. The number of hydrogen-bond donors (Lipinski definition) is 1. The lowest BCUT2D eigenvalue weighted by molar-refractivity contribution is 0.372. The second kappa shape index (κ2) is 7.77. The molecule has 138 valence electrons. The van der Waals surface area contributed by atoms with Crippen LogP contribution in [0.1, 0.15) is 31.4 Å². The fraction of sp³-hybridized carbons (Fsp3) is 0.632. The lowest BCUT2D eigenvalue weighted by Crippen LogP contribution is -2.45. The van der Waals surface area contributed by atoms with Crippen molar-refractivity contribution in [2.75, 3.05) is 31.1 Å². The summed E-state index contributed by atoms with van der Waals surface area (Å²) in [4.78, 5) is 7.10. The predicted molar refractivity (Wildman–Crippen MR) is 102 cm³/mol. The first kappa shape index (κ1) is 18.2. The Morgan fingerprint density at radius 1 is 1.32 bits per heavy atom. The van der Waals surface area contributed by atoms with Crippen molar-refractivity contribution in [1.29, 1.82) is 0 Å². The van der Waals surface area contributed by atoms with E-state index in [2.05, 4.69) is 48.3 Å². The van der Waals surface area contributed by atoms with Gasteiger partial charge in [-0.15, -0.1) is 0 Å². The molecule has 1 aromatic carbocycles. The Morgan fingerprint density at radius 2 is 2.08 bits per heavy atom. The Kier molecular flexibility index (Phi) is 5.67. The van der Waals surface area contributed by atoms with Gasteiger partial charge in [-0.3, -0.25) is 4.99 Å². The second-order valence-corrected chi connectivity index (χ2v) is 9.88. The topological polar surface area (TPSA) is 61.8 Å². The molecule has 0 aromatic heterocycles. The summed E-state index contributed by atoms with van der Waals surface area (Å²) >= 11 is 0. The van der Waals surface area contributed by atoms with E-state index in [-0.39, 0.29) is 5.92 Å². The van der Waals surface area contributed by atoms with Crippen LogP contribution < -0.4 is 5.32 Å². The molecule has 25 heavy (non-hydrogen) atoms. The van der Waals surface area contributed by atoms with Crippen molar-refractivity contribution in [2.24, 2.45) is 16.8 Å². The van der Waals surface area contributed by atoms with E-state index in [1.807, 2.05) is 0 Å². The molecule has 0 aliphatic carbocycles. The van der Waals surface area contributed by atoms with Crippen molar-refractivity contribution in [1.82, 2.24) is 10.2 Å². The molecule has 1 N–H and O–H groups in total. The van der Waals surface area contributed by atoms with Gasteiger partial charge in [0, 0.05) is 26.2 Å². The molecular formula is C19H29N3O2S. The van der Waals surface area contributed by atoms with Crippen LogP contribution >= 0.6 is 0 Å². The summed E-state index contributed by atoms with van der Waals surface area (Å²) in [5.74, 6) is 2.26. The van der Waals surface area contributed by atoms with Gasteiger partial charge in [-0.2, -0.15) is 0 Å². The van der Waals surface area contributed by atoms with Gasteiger partial charge < -0.3 is 10.2 Å². The number of fused-ring (bicyclic) bond motifs is 1. The van der Waals surface area contributed by atoms with Crippen LogP contribution in [0.5, 0.6) is 0 Å². The third-order valence-electron chi connectivity index (χ3n) is 4.91. The molecule has 1 aromatic rings. The zero-order valence-electron chi connectivity index (χ0n) is 15.2. The predicted octanol–water partition coefficient (Wildman–Crippen LogP) is 2.08. The number of aliphatic imine (C=N–C) groups is 1. The Bertz CT molecular complexity index is 728. The number of benzene rings is 1. The molecule has 1 atom stereocenters. The number of nitrogens with one attached hydrogen (secondary N) is 1. The number of hydrogen-bond acceptors (Lipinski definition) is 3. The van der Waals surface area contributed by atoms with Gasteiger partial charge in [0.1, 0.15) is 0 Å². The summed E-state index contributed by atoms with van der Waals surface area (Å²) in [6, 6.07) is 8.57. The van der Waals surface area contributed by atoms with E-state index in [0.717, 1.165) is 38.4 Å². The Labute approximate surface area is 151 Å². The number of sulfone groups is 1. The van der Waals surface area contributed by atoms with Gasteiger partial charge in [0.25, 0.3) is 0 Å². The third-order valence-corrected chi connectivity index (χ3v) is 6.75. The molecule has 1 unspecified atom stereocenters. The van der Waals surface area contributed by atoms with Gasteiger partial charge in [-0.05, 0) is 35.8 Å². The Morgan fingerprint density at radius 3 is 2.76 bits per heavy atom. The number of rotatable bonds is 4. The van der Waals surface area contributed by atoms with E-state index in [1.165, 1.54) is 11.1 Å². The van der Waals surface area contributed by atoms with E-state index in [0.29, 0.717) is 24.0 Å². The van der Waals surface area contributed by atoms with Crippen LogP contribution in [0.2, 0.25) is 0 Å². The van der Waals surface area contributed by atoms with E-state index < -0.39 is 9.84 Å². The second-order valence-electron chi connectivity index (χ2n) is 7.65. The first-order valence-corrected chi connectivity index (χ1v) is 11.1. The molecule has 3 rings (SSSR count). The third kappa shape index (κ3) is 4.97. The van der Waals surface area contributed by atoms with Gasteiger partial charge >= 0.3 is 0 Å². The lowest BCUT2D eigenvalue weighted by atomic mass is 10.0. The van der Waals surface area contributed by atoms with Gasteiger partial charge in [0.2, 0.25) is 0 Å². The first-order chi connectivity index (χ1) is 11.9. The van der Waals surface area contributed by atoms with E-state index in [1.54, 1.807) is 0 Å². The van der Waals surface area contributed by atoms with Crippen LogP contribution in [0.3, 0.4) is 0 Å². The van der Waals surface area contributed by atoms with Crippen LogP contribution in [-0.2, 0) is 22.8 Å². The van der Waals surface area contributed by atoms with Crippen molar-refractivity contribution in [2.45, 2.75) is 33.2 Å². The van der Waals surface area contributed by atoms with Crippen molar-refractivity contribution < 1.29 is 8.42 Å². The molecule has 0 radical (unpaired) electrons. The maximum Gasteiger partial charge on any atom is 0.194 e. The SMILES string of the molecule is CC(C)CN=C(NCC1CCS(=O)(=O)C1)N1CCc2ccccc2C1. The van der Waals surface area contributed by atoms with Crippen molar-refractivity contribution in [3.8, 4) is 0 Å². The average Bonchev–Trinajstić information content (AvgIpc) is 2.93. The normalized spacial score (nSPS) is 22.9. The first-order valence-electron chi connectivity index (χ1n) is 9.23. The zero-order valence-corrected chi connectivity index (χ0v) is 16.1. The molecule has 0 saturated carbocycles. The summed E-state index contributed by atoms with van der Waals surface area (Å²) in [5, 5.41) is 3.47. The minimum atomic E-state index is -2.83. The Hall–Kier alpha value is -1.56. The van der Waals surface area contributed by atoms with Crippen molar-refractivity contribution in [3.05, 3.63) is 35.4 Å². The lowest BCUT2D eigenvalue weighted by Gasteiger charge is -2.32. The minimum Gasteiger partial charge on any atom is -0.356 e. The number of guanidine groups is 1. The van der Waals surface area contributed by atoms with Gasteiger partial charge in [0.05, 0.1) is 11.5 Å². The monoisotopic (exact) mass is 363 g/mol. The molecule has 0 spiro atoms. The maximum atomic E-state index is 11.7. The van der Waals surface area contributed by atoms with E-state index in [9.17, 15) is 8.42 Å². The largest absolute Gasteiger partial charge is 0.356 e. The van der Waals surface area contributed by atoms with Crippen LogP contribution in [0.15, 0.2) is 29.3 Å². The molecule has 2 heterocycles. The highest BCUT2D eigenvalue weighted by atomic mass is 32.2. The highest BCUT2D eigenvalue weighted by molar-refractivity contribution is 7.91. The molecule has 1 fully saturated rings. The molecule has 0 amide bonds. The smallest absolute Gasteiger partial charge is 0.194 e. The molecular weight excluding hydrogens is 334 g/mol. The molecule has 1 saturated heterocycles. The Balaban J connectivity index is 1.67. The molecule has 2 aliphatic heterocycles. The highest BCUT2D eigenvalue weighted by Crippen LogP contribution is 2.20. The molecule has 5 nitrogen and oxygen atoms in total. The zero-order chi connectivity index (χ0) is 17.9. The molecule has 0 bridgehead atoms. The van der Waals surface area contributed by atoms with E-state index >= 15 is 0 Å². The summed E-state index contributed by atoms with van der Waals surface area (Å²) in [6.45, 7) is 7.61. The van der Waals surface area contributed by atoms with Gasteiger partial charge in [-0.1, -0.05) is 38.1 Å². The van der Waals surface area contributed by atoms with Crippen LogP contribution in [0.25, 0.3) is 0 Å². The number of nitrogens with zero attached hydrogens (tertiary/aromatic N) is 2. The fourth-order valence-electron chi connectivity index (χ4n) is 3.48. The summed E-state index contributed by atoms with van der Waals surface area (Å²) in [6.07, 6.45) is 1.78. The van der Waals surface area contributed by atoms with Crippen molar-refractivity contribution >= 4 is 15.8 Å². The molecule has 2 aliphatic rings.